The fourth-order valence-corrected chi connectivity index (χ4v) is 5.86. The minimum absolute atomic E-state index is 0.130. The lowest BCUT2D eigenvalue weighted by atomic mass is 9.92. The van der Waals surface area contributed by atoms with Gasteiger partial charge in [0.2, 0.25) is 5.91 Å². The number of halogens is 1. The average molecular weight is 528 g/mol. The van der Waals surface area contributed by atoms with Crippen molar-refractivity contribution >= 4 is 27.7 Å². The summed E-state index contributed by atoms with van der Waals surface area (Å²) in [5.74, 6) is 1.88. The van der Waals surface area contributed by atoms with Gasteiger partial charge in [-0.2, -0.15) is 0 Å². The van der Waals surface area contributed by atoms with Crippen molar-refractivity contribution in [1.29, 1.82) is 0 Å². The van der Waals surface area contributed by atoms with E-state index in [0.717, 1.165) is 53.5 Å². The molecule has 6 nitrogen and oxygen atoms in total. The molecule has 1 saturated heterocycles. The fraction of sp³-hybridized carbons (Fsp3) is 0.481. The van der Waals surface area contributed by atoms with Crippen LogP contribution < -0.4 is 10.1 Å². The number of piperidine rings is 1. The van der Waals surface area contributed by atoms with Crippen LogP contribution in [0.25, 0.3) is 0 Å². The van der Waals surface area contributed by atoms with Gasteiger partial charge in [0.05, 0.1) is 13.7 Å². The predicted octanol–water partition coefficient (Wildman–Crippen LogP) is 4.64. The molecule has 3 unspecified atom stereocenters. The van der Waals surface area contributed by atoms with E-state index in [2.05, 4.69) is 40.0 Å². The fourth-order valence-electron chi connectivity index (χ4n) is 5.46. The van der Waals surface area contributed by atoms with E-state index in [-0.39, 0.29) is 18.4 Å². The van der Waals surface area contributed by atoms with Crippen LogP contribution in [0.15, 0.2) is 46.9 Å². The second-order valence-electron chi connectivity index (χ2n) is 9.73. The zero-order valence-corrected chi connectivity index (χ0v) is 21.8. The first-order chi connectivity index (χ1) is 16.4. The molecule has 2 amide bonds. The SMILES string of the molecule is COc1ccc(Br)cc1CN1C(=O)c2ccccc2C1C(=O)NCCCN1CC(C)CC(C)C1. The molecule has 3 atom stereocenters. The van der Waals surface area contributed by atoms with Crippen molar-refractivity contribution < 1.29 is 14.3 Å². The molecule has 34 heavy (non-hydrogen) atoms. The first-order valence-electron chi connectivity index (χ1n) is 12.1. The molecule has 2 aromatic rings. The van der Waals surface area contributed by atoms with E-state index in [1.165, 1.54) is 6.42 Å². The Labute approximate surface area is 210 Å². The van der Waals surface area contributed by atoms with E-state index in [0.29, 0.717) is 17.9 Å². The maximum atomic E-state index is 13.4. The van der Waals surface area contributed by atoms with Gasteiger partial charge in [0, 0.05) is 35.2 Å². The first-order valence-corrected chi connectivity index (χ1v) is 12.9. The number of hydrogen-bond donors (Lipinski definition) is 1. The maximum Gasteiger partial charge on any atom is 0.255 e. The molecule has 2 heterocycles. The number of benzene rings is 2. The summed E-state index contributed by atoms with van der Waals surface area (Å²) < 4.78 is 6.40. The number of hydrogen-bond acceptors (Lipinski definition) is 4. The number of nitrogens with one attached hydrogen (secondary N) is 1. The molecule has 182 valence electrons. The third-order valence-corrected chi connectivity index (χ3v) is 7.28. The zero-order valence-electron chi connectivity index (χ0n) is 20.2. The van der Waals surface area contributed by atoms with Crippen LogP contribution in [0.5, 0.6) is 5.75 Å². The summed E-state index contributed by atoms with van der Waals surface area (Å²) in [4.78, 5) is 30.8. The van der Waals surface area contributed by atoms with Crippen LogP contribution in [0.1, 0.15) is 54.2 Å². The highest BCUT2D eigenvalue weighted by atomic mass is 79.9. The minimum Gasteiger partial charge on any atom is -0.496 e. The van der Waals surface area contributed by atoms with E-state index in [9.17, 15) is 9.59 Å². The van der Waals surface area contributed by atoms with Crippen LogP contribution in [0, 0.1) is 11.8 Å². The molecule has 1 fully saturated rings. The summed E-state index contributed by atoms with van der Waals surface area (Å²) in [5, 5.41) is 3.10. The Morgan fingerprint density at radius 3 is 2.62 bits per heavy atom. The molecule has 0 radical (unpaired) electrons. The van der Waals surface area contributed by atoms with Crippen LogP contribution in [0.2, 0.25) is 0 Å². The molecule has 0 bridgehead atoms. The second kappa shape index (κ2) is 10.9. The normalized spacial score (nSPS) is 22.5. The lowest BCUT2D eigenvalue weighted by molar-refractivity contribution is -0.125. The van der Waals surface area contributed by atoms with Gasteiger partial charge < -0.3 is 19.9 Å². The van der Waals surface area contributed by atoms with Crippen molar-refractivity contribution in [3.05, 3.63) is 63.6 Å². The van der Waals surface area contributed by atoms with Gasteiger partial charge in [-0.3, -0.25) is 9.59 Å². The minimum atomic E-state index is -0.651. The number of likely N-dealkylation sites (tertiary alicyclic amines) is 1. The van der Waals surface area contributed by atoms with Gasteiger partial charge in [-0.15, -0.1) is 0 Å². The highest BCUT2D eigenvalue weighted by molar-refractivity contribution is 9.10. The van der Waals surface area contributed by atoms with Gasteiger partial charge in [0.25, 0.3) is 5.91 Å². The summed E-state index contributed by atoms with van der Waals surface area (Å²) >= 11 is 3.50. The van der Waals surface area contributed by atoms with Gasteiger partial charge >= 0.3 is 0 Å². The number of nitrogens with zero attached hydrogens (tertiary/aromatic N) is 2. The standard InChI is InChI=1S/C27H34BrN3O3/c1-18-13-19(2)16-30(15-18)12-6-11-29-26(32)25-22-7-4-5-8-23(22)27(33)31(25)17-20-14-21(28)9-10-24(20)34-3/h4-5,7-10,14,18-19,25H,6,11-13,15-17H2,1-3H3,(H,29,32). The molecule has 1 N–H and O–H groups in total. The van der Waals surface area contributed by atoms with Gasteiger partial charge in [0.1, 0.15) is 11.8 Å². The summed E-state index contributed by atoms with van der Waals surface area (Å²) in [5.41, 5.74) is 2.20. The summed E-state index contributed by atoms with van der Waals surface area (Å²) in [6.45, 7) is 8.75. The number of ether oxygens (including phenoxy) is 1. The van der Waals surface area contributed by atoms with Crippen LogP contribution >= 0.6 is 15.9 Å². The summed E-state index contributed by atoms with van der Waals surface area (Å²) in [6.07, 6.45) is 2.19. The maximum absolute atomic E-state index is 13.4. The monoisotopic (exact) mass is 527 g/mol. The van der Waals surface area contributed by atoms with E-state index in [4.69, 9.17) is 4.74 Å². The lowest BCUT2D eigenvalue weighted by Gasteiger charge is -2.35. The van der Waals surface area contributed by atoms with Crippen molar-refractivity contribution in [2.24, 2.45) is 11.8 Å². The third-order valence-electron chi connectivity index (χ3n) is 6.78. The van der Waals surface area contributed by atoms with Crippen LogP contribution in [-0.4, -0.2) is 54.9 Å². The second-order valence-corrected chi connectivity index (χ2v) is 10.6. The van der Waals surface area contributed by atoms with Crippen molar-refractivity contribution in [3.63, 3.8) is 0 Å². The Bertz CT molecular complexity index is 1030. The molecular formula is C27H34BrN3O3. The summed E-state index contributed by atoms with van der Waals surface area (Å²) in [7, 11) is 1.61. The molecule has 0 aliphatic carbocycles. The smallest absolute Gasteiger partial charge is 0.255 e. The van der Waals surface area contributed by atoms with E-state index < -0.39 is 6.04 Å². The molecule has 0 aromatic heterocycles. The number of amides is 2. The molecule has 2 aliphatic heterocycles. The number of carbonyl (C=O) groups is 2. The Hall–Kier alpha value is -2.38. The quantitative estimate of drug-likeness (QED) is 0.508. The van der Waals surface area contributed by atoms with Gasteiger partial charge in [0.15, 0.2) is 0 Å². The molecular weight excluding hydrogens is 494 g/mol. The van der Waals surface area contributed by atoms with Crippen molar-refractivity contribution in [1.82, 2.24) is 15.1 Å². The number of rotatable bonds is 8. The van der Waals surface area contributed by atoms with E-state index in [1.807, 2.05) is 36.4 Å². The van der Waals surface area contributed by atoms with Gasteiger partial charge in [-0.25, -0.2) is 0 Å². The molecule has 2 aromatic carbocycles. The van der Waals surface area contributed by atoms with E-state index in [1.54, 1.807) is 18.1 Å². The predicted molar refractivity (Wildman–Crippen MR) is 137 cm³/mol. The highest BCUT2D eigenvalue weighted by Crippen LogP contribution is 2.36. The zero-order chi connectivity index (χ0) is 24.2. The number of fused-ring (bicyclic) bond motifs is 1. The Morgan fingerprint density at radius 1 is 1.15 bits per heavy atom. The number of methoxy groups -OCH3 is 1. The van der Waals surface area contributed by atoms with Crippen LogP contribution in [0.4, 0.5) is 0 Å². The molecule has 4 rings (SSSR count). The third kappa shape index (κ3) is 5.47. The van der Waals surface area contributed by atoms with Gasteiger partial charge in [-0.1, -0.05) is 48.0 Å². The largest absolute Gasteiger partial charge is 0.496 e. The Kier molecular flexibility index (Phi) is 7.94. The van der Waals surface area contributed by atoms with Crippen molar-refractivity contribution in [2.75, 3.05) is 33.3 Å². The summed E-state index contributed by atoms with van der Waals surface area (Å²) in [6, 6.07) is 12.5. The van der Waals surface area contributed by atoms with Crippen molar-refractivity contribution in [2.45, 2.75) is 39.3 Å². The average Bonchev–Trinajstić information content (AvgIpc) is 3.08. The number of carbonyl (C=O) groups excluding carboxylic acids is 2. The van der Waals surface area contributed by atoms with Gasteiger partial charge in [-0.05, 0) is 61.1 Å². The first kappa shape index (κ1) is 24.7. The van der Waals surface area contributed by atoms with Crippen molar-refractivity contribution in [3.8, 4) is 5.75 Å². The highest BCUT2D eigenvalue weighted by Gasteiger charge is 2.41. The molecule has 0 saturated carbocycles. The topological polar surface area (TPSA) is 61.9 Å². The van der Waals surface area contributed by atoms with E-state index >= 15 is 0 Å². The Morgan fingerprint density at radius 2 is 1.88 bits per heavy atom. The molecule has 0 spiro atoms. The molecule has 2 aliphatic rings. The lowest BCUT2D eigenvalue weighted by Crippen LogP contribution is -2.41. The van der Waals surface area contributed by atoms with Crippen LogP contribution in [-0.2, 0) is 11.3 Å². The molecule has 7 heteroatoms. The Balaban J connectivity index is 1.45. The van der Waals surface area contributed by atoms with Crippen LogP contribution in [0.3, 0.4) is 0 Å².